The minimum atomic E-state index is 0. The molecule has 0 spiro atoms. The van der Waals surface area contributed by atoms with E-state index in [1.165, 1.54) is 10.0 Å². The topological polar surface area (TPSA) is 103 Å². The molecule has 0 aliphatic carbocycles. The van der Waals surface area contributed by atoms with Crippen LogP contribution in [-0.4, -0.2) is 62.6 Å². The van der Waals surface area contributed by atoms with Crippen LogP contribution in [0.3, 0.4) is 0 Å². The first-order chi connectivity index (χ1) is 14.5. The van der Waals surface area contributed by atoms with Gasteiger partial charge in [0, 0.05) is 39.3 Å². The standard InChI is InChI=1S/C22H26N8.2HI/c1-25-21(23)29(3)27-13-19-15-9-5-7-11-17(15)20(14-28-30(4)22(24)26-2)18-12-8-6-10-16(18)19;;/h5-14H,1-4H3,(H2,23,25)(H2,24,26);2*1H. The van der Waals surface area contributed by atoms with Crippen molar-refractivity contribution in [3.63, 3.8) is 0 Å². The molecule has 0 aliphatic rings. The summed E-state index contributed by atoms with van der Waals surface area (Å²) in [5.41, 5.74) is 1.95. The summed E-state index contributed by atoms with van der Waals surface area (Å²) in [5.74, 6) is 0.414. The Hall–Kier alpha value is -2.48. The van der Waals surface area contributed by atoms with Crippen LogP contribution in [0.1, 0.15) is 11.1 Å². The van der Waals surface area contributed by atoms with E-state index in [1.54, 1.807) is 40.6 Å². The van der Waals surface area contributed by atoms with E-state index in [1.807, 2.05) is 24.3 Å². The molecule has 0 radical (unpaired) electrons. The molecule has 0 saturated carbocycles. The van der Waals surface area contributed by atoms with Crippen LogP contribution in [0.2, 0.25) is 0 Å². The van der Waals surface area contributed by atoms with Gasteiger partial charge in [0.1, 0.15) is 0 Å². The molecule has 8 nitrogen and oxygen atoms in total. The van der Waals surface area contributed by atoms with Gasteiger partial charge >= 0.3 is 0 Å². The number of guanidine groups is 2. The number of fused-ring (bicyclic) bond motifs is 2. The van der Waals surface area contributed by atoms with E-state index in [0.29, 0.717) is 0 Å². The fraction of sp³-hybridized carbons (Fsp3) is 0.182. The smallest absolute Gasteiger partial charge is 0.211 e. The van der Waals surface area contributed by atoms with Gasteiger partial charge in [-0.15, -0.1) is 48.0 Å². The van der Waals surface area contributed by atoms with Crippen molar-refractivity contribution >= 4 is 93.8 Å². The van der Waals surface area contributed by atoms with E-state index in [4.69, 9.17) is 10.8 Å². The molecule has 0 atom stereocenters. The highest BCUT2D eigenvalue weighted by atomic mass is 127. The average molecular weight is 658 g/mol. The zero-order chi connectivity index (χ0) is 21.7. The number of rotatable bonds is 4. The Kier molecular flexibility index (Phi) is 10.8. The normalized spacial score (nSPS) is 10.6. The first-order valence-electron chi connectivity index (χ1n) is 9.49. The lowest BCUT2D eigenvalue weighted by Gasteiger charge is -2.16. The first-order valence-corrected chi connectivity index (χ1v) is 9.49. The maximum absolute atomic E-state index is 7.87. The molecule has 3 aromatic rings. The summed E-state index contributed by atoms with van der Waals surface area (Å²) in [5, 5.41) is 37.3. The summed E-state index contributed by atoms with van der Waals surface area (Å²) in [4.78, 5) is 0. The molecule has 0 heterocycles. The van der Waals surface area contributed by atoms with Gasteiger partial charge in [-0.3, -0.25) is 10.8 Å². The van der Waals surface area contributed by atoms with Crippen LogP contribution >= 0.6 is 48.0 Å². The molecular formula is C22H28I2N8. The Labute approximate surface area is 222 Å². The van der Waals surface area contributed by atoms with E-state index in [0.717, 1.165) is 32.7 Å². The fourth-order valence-electron chi connectivity index (χ4n) is 3.20. The highest BCUT2D eigenvalue weighted by Gasteiger charge is 2.12. The van der Waals surface area contributed by atoms with Crippen LogP contribution in [0.4, 0.5) is 0 Å². The Balaban J connectivity index is 0.00000256. The first kappa shape index (κ1) is 27.6. The van der Waals surface area contributed by atoms with Crippen LogP contribution in [0.25, 0.3) is 21.5 Å². The molecule has 0 aliphatic heterocycles. The van der Waals surface area contributed by atoms with E-state index in [2.05, 4.69) is 45.1 Å². The second-order valence-electron chi connectivity index (χ2n) is 6.65. The van der Waals surface area contributed by atoms with Gasteiger partial charge in [0.25, 0.3) is 0 Å². The van der Waals surface area contributed by atoms with Gasteiger partial charge in [-0.05, 0) is 21.5 Å². The van der Waals surface area contributed by atoms with Crippen LogP contribution < -0.4 is 10.6 Å². The Morgan fingerprint density at radius 1 is 0.688 bits per heavy atom. The van der Waals surface area contributed by atoms with Crippen molar-refractivity contribution in [2.75, 3.05) is 28.2 Å². The molecule has 3 aromatic carbocycles. The van der Waals surface area contributed by atoms with Crippen LogP contribution in [-0.2, 0) is 0 Å². The minimum absolute atomic E-state index is 0. The number of benzene rings is 3. The van der Waals surface area contributed by atoms with Gasteiger partial charge < -0.3 is 10.6 Å². The Morgan fingerprint density at radius 3 is 1.22 bits per heavy atom. The van der Waals surface area contributed by atoms with E-state index < -0.39 is 0 Å². The SMILES string of the molecule is CNC(=N)N(C)N=Cc1c2ccccc2c(C=NN(C)C(=N)NC)c2ccccc12.I.I. The zero-order valence-electron chi connectivity index (χ0n) is 18.4. The third-order valence-electron chi connectivity index (χ3n) is 4.86. The quantitative estimate of drug-likeness (QED) is 0.112. The second-order valence-corrected chi connectivity index (χ2v) is 6.65. The van der Waals surface area contributed by atoms with E-state index >= 15 is 0 Å². The van der Waals surface area contributed by atoms with Crippen molar-refractivity contribution in [1.29, 1.82) is 10.8 Å². The summed E-state index contributed by atoms with van der Waals surface area (Å²) in [6, 6.07) is 16.2. The van der Waals surface area contributed by atoms with Gasteiger partial charge in [0.2, 0.25) is 11.9 Å². The van der Waals surface area contributed by atoms with Crippen molar-refractivity contribution in [3.05, 3.63) is 59.7 Å². The van der Waals surface area contributed by atoms with E-state index in [9.17, 15) is 0 Å². The third-order valence-corrected chi connectivity index (χ3v) is 4.86. The summed E-state index contributed by atoms with van der Waals surface area (Å²) in [6.07, 6.45) is 3.58. The monoisotopic (exact) mass is 658 g/mol. The largest absolute Gasteiger partial charge is 0.358 e. The predicted octanol–water partition coefficient (Wildman–Crippen LogP) is 4.07. The summed E-state index contributed by atoms with van der Waals surface area (Å²) in [6.45, 7) is 0. The van der Waals surface area contributed by atoms with Gasteiger partial charge in [0.05, 0.1) is 12.4 Å². The molecule has 0 unspecified atom stereocenters. The lowest BCUT2D eigenvalue weighted by Crippen LogP contribution is -2.31. The van der Waals surface area contributed by atoms with Crippen molar-refractivity contribution in [2.45, 2.75) is 0 Å². The molecule has 10 heteroatoms. The molecular weight excluding hydrogens is 630 g/mol. The molecule has 0 bridgehead atoms. The number of halogens is 2. The molecule has 4 N–H and O–H groups in total. The molecule has 0 fully saturated rings. The minimum Gasteiger partial charge on any atom is -0.358 e. The van der Waals surface area contributed by atoms with Crippen LogP contribution in [0, 0.1) is 10.8 Å². The number of hydrogen-bond acceptors (Lipinski definition) is 4. The number of hydrazone groups is 2. The second kappa shape index (κ2) is 12.5. The molecule has 0 aromatic heterocycles. The lowest BCUT2D eigenvalue weighted by molar-refractivity contribution is 0.523. The number of nitrogens with one attached hydrogen (secondary N) is 4. The van der Waals surface area contributed by atoms with Crippen molar-refractivity contribution in [1.82, 2.24) is 20.7 Å². The summed E-state index contributed by atoms with van der Waals surface area (Å²) in [7, 11) is 6.84. The summed E-state index contributed by atoms with van der Waals surface area (Å²) >= 11 is 0. The molecule has 32 heavy (non-hydrogen) atoms. The average Bonchev–Trinajstić information content (AvgIpc) is 2.79. The van der Waals surface area contributed by atoms with Crippen molar-refractivity contribution in [3.8, 4) is 0 Å². The zero-order valence-corrected chi connectivity index (χ0v) is 23.0. The molecule has 0 amide bonds. The van der Waals surface area contributed by atoms with Gasteiger partial charge in [-0.2, -0.15) is 10.2 Å². The van der Waals surface area contributed by atoms with Crippen LogP contribution in [0.5, 0.6) is 0 Å². The Bertz CT molecular complexity index is 1010. The third kappa shape index (κ3) is 5.85. The lowest BCUT2D eigenvalue weighted by atomic mass is 9.92. The van der Waals surface area contributed by atoms with E-state index in [-0.39, 0.29) is 59.9 Å². The highest BCUT2D eigenvalue weighted by molar-refractivity contribution is 14.0. The van der Waals surface area contributed by atoms with Crippen molar-refractivity contribution in [2.24, 2.45) is 10.2 Å². The maximum Gasteiger partial charge on any atom is 0.211 e. The number of nitrogens with zero attached hydrogens (tertiary/aromatic N) is 4. The number of hydrogen-bond donors (Lipinski definition) is 4. The van der Waals surface area contributed by atoms with Gasteiger partial charge in [-0.25, -0.2) is 10.0 Å². The predicted molar refractivity (Wildman–Crippen MR) is 157 cm³/mol. The highest BCUT2D eigenvalue weighted by Crippen LogP contribution is 2.31. The summed E-state index contributed by atoms with van der Waals surface area (Å²) < 4.78 is 0. The molecule has 0 saturated heterocycles. The fourth-order valence-corrected chi connectivity index (χ4v) is 3.20. The molecule has 170 valence electrons. The molecule has 3 rings (SSSR count). The van der Waals surface area contributed by atoms with Gasteiger partial charge in [-0.1, -0.05) is 48.5 Å². The Morgan fingerprint density at radius 2 is 0.969 bits per heavy atom. The maximum atomic E-state index is 7.87. The van der Waals surface area contributed by atoms with Crippen molar-refractivity contribution < 1.29 is 0 Å². The van der Waals surface area contributed by atoms with Crippen LogP contribution in [0.15, 0.2) is 58.7 Å². The van der Waals surface area contributed by atoms with Gasteiger partial charge in [0.15, 0.2) is 0 Å².